The van der Waals surface area contributed by atoms with E-state index in [0.29, 0.717) is 13.1 Å². The standard InChI is InChI=1S/C11H20F3N3O2/c1-15-3-5-17(6-4-15)10(19)8-16(2)7-9(18)11(12,13)14/h9,18H,3-8H2,1-2H3. The van der Waals surface area contributed by atoms with Crippen molar-refractivity contribution < 1.29 is 23.1 Å². The molecule has 0 bridgehead atoms. The van der Waals surface area contributed by atoms with Crippen LogP contribution in [0.4, 0.5) is 13.2 Å². The van der Waals surface area contributed by atoms with E-state index < -0.39 is 18.8 Å². The molecule has 5 nitrogen and oxygen atoms in total. The van der Waals surface area contributed by atoms with E-state index in [2.05, 4.69) is 4.90 Å². The molecule has 0 aromatic heterocycles. The van der Waals surface area contributed by atoms with Crippen molar-refractivity contribution in [2.75, 3.05) is 53.4 Å². The van der Waals surface area contributed by atoms with Crippen molar-refractivity contribution in [2.45, 2.75) is 12.3 Å². The van der Waals surface area contributed by atoms with Crippen LogP contribution < -0.4 is 0 Å². The highest BCUT2D eigenvalue weighted by Gasteiger charge is 2.38. The van der Waals surface area contributed by atoms with Crippen LogP contribution in [-0.4, -0.2) is 91.4 Å². The molecule has 1 amide bonds. The lowest BCUT2D eigenvalue weighted by Gasteiger charge is -2.33. The Morgan fingerprint density at radius 2 is 1.84 bits per heavy atom. The van der Waals surface area contributed by atoms with Crippen LogP contribution >= 0.6 is 0 Å². The molecule has 1 unspecified atom stereocenters. The molecule has 8 heteroatoms. The van der Waals surface area contributed by atoms with Crippen molar-refractivity contribution in [3.8, 4) is 0 Å². The van der Waals surface area contributed by atoms with Crippen LogP contribution in [-0.2, 0) is 4.79 Å². The Morgan fingerprint density at radius 1 is 1.32 bits per heavy atom. The maximum absolute atomic E-state index is 12.2. The van der Waals surface area contributed by atoms with Gasteiger partial charge in [0.1, 0.15) is 0 Å². The van der Waals surface area contributed by atoms with Gasteiger partial charge in [-0.05, 0) is 14.1 Å². The molecule has 0 radical (unpaired) electrons. The number of aliphatic hydroxyl groups excluding tert-OH is 1. The average molecular weight is 283 g/mol. The number of nitrogens with zero attached hydrogens (tertiary/aromatic N) is 3. The molecule has 1 saturated heterocycles. The van der Waals surface area contributed by atoms with Gasteiger partial charge in [0.2, 0.25) is 5.91 Å². The third-order valence-electron chi connectivity index (χ3n) is 3.12. The summed E-state index contributed by atoms with van der Waals surface area (Å²) in [4.78, 5) is 16.8. The second-order valence-electron chi connectivity index (χ2n) is 4.94. The summed E-state index contributed by atoms with van der Waals surface area (Å²) < 4.78 is 36.5. The summed E-state index contributed by atoms with van der Waals surface area (Å²) in [5, 5.41) is 8.92. The maximum Gasteiger partial charge on any atom is 0.415 e. The Hall–Kier alpha value is -0.860. The Labute approximate surface area is 110 Å². The molecule has 1 aliphatic rings. The van der Waals surface area contributed by atoms with E-state index in [-0.39, 0.29) is 12.5 Å². The molecule has 1 N–H and O–H groups in total. The van der Waals surface area contributed by atoms with Crippen LogP contribution in [0.15, 0.2) is 0 Å². The molecule has 0 aromatic carbocycles. The van der Waals surface area contributed by atoms with Crippen molar-refractivity contribution in [3.05, 3.63) is 0 Å². The fourth-order valence-electron chi connectivity index (χ4n) is 1.85. The van der Waals surface area contributed by atoms with Gasteiger partial charge >= 0.3 is 6.18 Å². The quantitative estimate of drug-likeness (QED) is 0.764. The first-order chi connectivity index (χ1) is 8.70. The largest absolute Gasteiger partial charge is 0.415 e. The van der Waals surface area contributed by atoms with Gasteiger partial charge < -0.3 is 14.9 Å². The molecule has 0 saturated carbocycles. The first-order valence-corrected chi connectivity index (χ1v) is 6.10. The molecular formula is C11H20F3N3O2. The summed E-state index contributed by atoms with van der Waals surface area (Å²) in [5.74, 6) is -0.204. The number of rotatable bonds is 4. The van der Waals surface area contributed by atoms with E-state index in [0.717, 1.165) is 13.1 Å². The minimum absolute atomic E-state index is 0.114. The number of likely N-dealkylation sites (N-methyl/N-ethyl adjacent to an activating group) is 2. The fraction of sp³-hybridized carbons (Fsp3) is 0.909. The van der Waals surface area contributed by atoms with Gasteiger partial charge in [0.25, 0.3) is 0 Å². The van der Waals surface area contributed by atoms with Gasteiger partial charge in [0, 0.05) is 32.7 Å². The summed E-state index contributed by atoms with van der Waals surface area (Å²) >= 11 is 0. The van der Waals surface area contributed by atoms with E-state index in [1.165, 1.54) is 11.9 Å². The second kappa shape index (κ2) is 6.53. The SMILES string of the molecule is CN1CCN(C(=O)CN(C)CC(O)C(F)(F)F)CC1. The van der Waals surface area contributed by atoms with Gasteiger partial charge in [-0.25, -0.2) is 0 Å². The van der Waals surface area contributed by atoms with Crippen LogP contribution in [0.25, 0.3) is 0 Å². The predicted molar refractivity (Wildman–Crippen MR) is 63.6 cm³/mol. The van der Waals surface area contributed by atoms with E-state index in [9.17, 15) is 18.0 Å². The van der Waals surface area contributed by atoms with E-state index >= 15 is 0 Å². The van der Waals surface area contributed by atoms with Gasteiger partial charge in [0.15, 0.2) is 6.10 Å². The normalized spacial score (nSPS) is 19.8. The Kier molecular flexibility index (Phi) is 5.57. The Morgan fingerprint density at radius 3 is 2.32 bits per heavy atom. The zero-order valence-corrected chi connectivity index (χ0v) is 11.2. The number of halogens is 3. The lowest BCUT2D eigenvalue weighted by Crippen LogP contribution is -2.50. The number of carbonyl (C=O) groups is 1. The third kappa shape index (κ3) is 5.33. The Balaban J connectivity index is 2.36. The lowest BCUT2D eigenvalue weighted by atomic mass is 10.3. The number of piperazine rings is 1. The summed E-state index contributed by atoms with van der Waals surface area (Å²) in [6, 6.07) is 0. The molecular weight excluding hydrogens is 263 g/mol. The third-order valence-corrected chi connectivity index (χ3v) is 3.12. The summed E-state index contributed by atoms with van der Waals surface area (Å²) in [5.41, 5.74) is 0. The minimum Gasteiger partial charge on any atom is -0.382 e. The monoisotopic (exact) mass is 283 g/mol. The van der Waals surface area contributed by atoms with Crippen molar-refractivity contribution in [2.24, 2.45) is 0 Å². The highest BCUT2D eigenvalue weighted by molar-refractivity contribution is 5.78. The summed E-state index contributed by atoms with van der Waals surface area (Å²) in [6.07, 6.45) is -7.07. The predicted octanol–water partition coefficient (Wildman–Crippen LogP) is -0.385. The molecule has 1 atom stereocenters. The van der Waals surface area contributed by atoms with Gasteiger partial charge in [-0.15, -0.1) is 0 Å². The highest BCUT2D eigenvalue weighted by Crippen LogP contribution is 2.20. The van der Waals surface area contributed by atoms with Crippen molar-refractivity contribution in [1.29, 1.82) is 0 Å². The molecule has 0 aromatic rings. The number of hydrogen-bond donors (Lipinski definition) is 1. The van der Waals surface area contributed by atoms with Crippen LogP contribution in [0.1, 0.15) is 0 Å². The van der Waals surface area contributed by atoms with Gasteiger partial charge in [-0.3, -0.25) is 9.69 Å². The van der Waals surface area contributed by atoms with Gasteiger partial charge in [-0.2, -0.15) is 13.2 Å². The zero-order valence-electron chi connectivity index (χ0n) is 11.2. The number of amides is 1. The molecule has 1 aliphatic heterocycles. The van der Waals surface area contributed by atoms with Crippen LogP contribution in [0.2, 0.25) is 0 Å². The molecule has 112 valence electrons. The molecule has 1 fully saturated rings. The van der Waals surface area contributed by atoms with Crippen LogP contribution in [0, 0.1) is 0 Å². The average Bonchev–Trinajstić information content (AvgIpc) is 2.28. The van der Waals surface area contributed by atoms with E-state index in [1.807, 2.05) is 7.05 Å². The van der Waals surface area contributed by atoms with E-state index in [4.69, 9.17) is 5.11 Å². The second-order valence-corrected chi connectivity index (χ2v) is 4.94. The fourth-order valence-corrected chi connectivity index (χ4v) is 1.85. The van der Waals surface area contributed by atoms with Gasteiger partial charge in [-0.1, -0.05) is 0 Å². The zero-order chi connectivity index (χ0) is 14.6. The molecule has 19 heavy (non-hydrogen) atoms. The highest BCUT2D eigenvalue weighted by atomic mass is 19.4. The van der Waals surface area contributed by atoms with Crippen LogP contribution in [0.3, 0.4) is 0 Å². The maximum atomic E-state index is 12.2. The molecule has 0 aliphatic carbocycles. The number of aliphatic hydroxyl groups is 1. The van der Waals surface area contributed by atoms with Crippen molar-refractivity contribution in [3.63, 3.8) is 0 Å². The van der Waals surface area contributed by atoms with Gasteiger partial charge in [0.05, 0.1) is 6.54 Å². The molecule has 0 spiro atoms. The minimum atomic E-state index is -4.65. The smallest absolute Gasteiger partial charge is 0.382 e. The van der Waals surface area contributed by atoms with Crippen LogP contribution in [0.5, 0.6) is 0 Å². The van der Waals surface area contributed by atoms with Crippen molar-refractivity contribution >= 4 is 5.91 Å². The first-order valence-electron chi connectivity index (χ1n) is 6.10. The van der Waals surface area contributed by atoms with E-state index in [1.54, 1.807) is 4.90 Å². The first kappa shape index (κ1) is 16.2. The molecule has 1 rings (SSSR count). The topological polar surface area (TPSA) is 47.0 Å². The lowest BCUT2D eigenvalue weighted by molar-refractivity contribution is -0.207. The molecule has 1 heterocycles. The number of hydrogen-bond acceptors (Lipinski definition) is 4. The number of alkyl halides is 3. The summed E-state index contributed by atoms with van der Waals surface area (Å²) in [7, 11) is 3.34. The number of carbonyl (C=O) groups excluding carboxylic acids is 1. The Bertz CT molecular complexity index is 304. The van der Waals surface area contributed by atoms with Crippen molar-refractivity contribution in [1.82, 2.24) is 14.7 Å². The summed E-state index contributed by atoms with van der Waals surface area (Å²) in [6.45, 7) is 2.00.